The minimum absolute atomic E-state index is 0.0731. The zero-order valence-electron chi connectivity index (χ0n) is 10.2. The number of rotatable bonds is 1. The van der Waals surface area contributed by atoms with E-state index in [1.54, 1.807) is 12.1 Å². The third kappa shape index (κ3) is 2.97. The molecule has 1 atom stereocenters. The van der Waals surface area contributed by atoms with Crippen molar-refractivity contribution >= 4 is 17.5 Å². The van der Waals surface area contributed by atoms with Crippen molar-refractivity contribution < 1.29 is 4.79 Å². The average Bonchev–Trinajstić information content (AvgIpc) is 2.26. The summed E-state index contributed by atoms with van der Waals surface area (Å²) >= 11 is 5.88. The maximum atomic E-state index is 12.3. The number of hydrogen-bond donors (Lipinski definition) is 0. The van der Waals surface area contributed by atoms with Crippen LogP contribution >= 0.6 is 11.6 Å². The normalized spacial score (nSPS) is 20.4. The summed E-state index contributed by atoms with van der Waals surface area (Å²) in [6, 6.07) is 3.45. The van der Waals surface area contributed by atoms with Crippen molar-refractivity contribution in [3.05, 3.63) is 28.5 Å². The van der Waals surface area contributed by atoms with Gasteiger partial charge in [0.15, 0.2) is 0 Å². The van der Waals surface area contributed by atoms with Gasteiger partial charge in [-0.3, -0.25) is 4.79 Å². The van der Waals surface area contributed by atoms with Gasteiger partial charge < -0.3 is 4.90 Å². The van der Waals surface area contributed by atoms with Gasteiger partial charge in [0.1, 0.15) is 5.15 Å². The van der Waals surface area contributed by atoms with E-state index < -0.39 is 0 Å². The van der Waals surface area contributed by atoms with Crippen molar-refractivity contribution in [3.8, 4) is 0 Å². The molecule has 1 unspecified atom stereocenters. The van der Waals surface area contributed by atoms with Crippen LogP contribution in [0.3, 0.4) is 0 Å². The van der Waals surface area contributed by atoms with Crippen molar-refractivity contribution in [3.63, 3.8) is 0 Å². The molecule has 92 valence electrons. The number of piperidine rings is 1. The number of hydrogen-bond acceptors (Lipinski definition) is 2. The quantitative estimate of drug-likeness (QED) is 0.720. The Morgan fingerprint density at radius 2 is 2.29 bits per heavy atom. The second-order valence-corrected chi connectivity index (χ2v) is 5.21. The molecule has 2 heterocycles. The molecule has 0 bridgehead atoms. The van der Waals surface area contributed by atoms with Crippen LogP contribution in [0.15, 0.2) is 12.1 Å². The Bertz CT molecular complexity index is 413. The van der Waals surface area contributed by atoms with Crippen LogP contribution in [-0.4, -0.2) is 28.9 Å². The number of likely N-dealkylation sites (tertiary alicyclic amines) is 1. The van der Waals surface area contributed by atoms with Crippen molar-refractivity contribution in [1.29, 1.82) is 0 Å². The summed E-state index contributed by atoms with van der Waals surface area (Å²) in [5.74, 6) is 0.662. The summed E-state index contributed by atoms with van der Waals surface area (Å²) in [6.45, 7) is 5.73. The second kappa shape index (κ2) is 5.05. The smallest absolute Gasteiger partial charge is 0.254 e. The molecule has 0 saturated carbocycles. The van der Waals surface area contributed by atoms with E-state index in [1.165, 1.54) is 6.42 Å². The Morgan fingerprint density at radius 3 is 2.94 bits per heavy atom. The van der Waals surface area contributed by atoms with E-state index in [-0.39, 0.29) is 5.91 Å². The third-order valence-corrected chi connectivity index (χ3v) is 3.31. The molecule has 3 nitrogen and oxygen atoms in total. The molecule has 1 aliphatic rings. The lowest BCUT2D eigenvalue weighted by Crippen LogP contribution is -2.39. The van der Waals surface area contributed by atoms with Gasteiger partial charge in [0.05, 0.1) is 0 Å². The van der Waals surface area contributed by atoms with E-state index in [0.29, 0.717) is 16.6 Å². The SMILES string of the molecule is Cc1cc(C(=O)N2CCCC(C)C2)cc(Cl)n1. The number of amides is 1. The predicted octanol–water partition coefficient (Wildman–Crippen LogP) is 2.92. The van der Waals surface area contributed by atoms with Crippen LogP contribution in [0.2, 0.25) is 5.15 Å². The summed E-state index contributed by atoms with van der Waals surface area (Å²) in [6.07, 6.45) is 2.30. The summed E-state index contributed by atoms with van der Waals surface area (Å²) in [4.78, 5) is 18.3. The van der Waals surface area contributed by atoms with Gasteiger partial charge in [-0.15, -0.1) is 0 Å². The first-order chi connectivity index (χ1) is 8.06. The Hall–Kier alpha value is -1.09. The van der Waals surface area contributed by atoms with Crippen LogP contribution in [0, 0.1) is 12.8 Å². The number of halogens is 1. The first-order valence-electron chi connectivity index (χ1n) is 5.99. The third-order valence-electron chi connectivity index (χ3n) is 3.11. The molecule has 0 aromatic carbocycles. The van der Waals surface area contributed by atoms with Gasteiger partial charge in [0.2, 0.25) is 0 Å². The van der Waals surface area contributed by atoms with Crippen molar-refractivity contribution in [2.75, 3.05) is 13.1 Å². The first-order valence-corrected chi connectivity index (χ1v) is 6.37. The highest BCUT2D eigenvalue weighted by molar-refractivity contribution is 6.29. The number of carbonyl (C=O) groups is 1. The lowest BCUT2D eigenvalue weighted by atomic mass is 9.99. The molecule has 2 rings (SSSR count). The number of pyridine rings is 1. The largest absolute Gasteiger partial charge is 0.338 e. The maximum absolute atomic E-state index is 12.3. The molecular formula is C13H17ClN2O. The van der Waals surface area contributed by atoms with E-state index in [0.717, 1.165) is 25.2 Å². The first kappa shape index (κ1) is 12.4. The van der Waals surface area contributed by atoms with Crippen LogP contribution in [0.5, 0.6) is 0 Å². The van der Waals surface area contributed by atoms with Crippen molar-refractivity contribution in [2.45, 2.75) is 26.7 Å². The van der Waals surface area contributed by atoms with Gasteiger partial charge in [-0.2, -0.15) is 0 Å². The van der Waals surface area contributed by atoms with E-state index in [4.69, 9.17) is 11.6 Å². The van der Waals surface area contributed by atoms with Crippen LogP contribution in [0.4, 0.5) is 0 Å². The van der Waals surface area contributed by atoms with Gasteiger partial charge in [-0.05, 0) is 37.8 Å². The second-order valence-electron chi connectivity index (χ2n) is 4.82. The molecule has 1 aromatic heterocycles. The van der Waals surface area contributed by atoms with Gasteiger partial charge in [0, 0.05) is 24.3 Å². The van der Waals surface area contributed by atoms with E-state index in [1.807, 2.05) is 11.8 Å². The fourth-order valence-corrected chi connectivity index (χ4v) is 2.56. The topological polar surface area (TPSA) is 33.2 Å². The molecule has 17 heavy (non-hydrogen) atoms. The lowest BCUT2D eigenvalue weighted by Gasteiger charge is -2.31. The Morgan fingerprint density at radius 1 is 1.53 bits per heavy atom. The van der Waals surface area contributed by atoms with E-state index >= 15 is 0 Å². The summed E-state index contributed by atoms with van der Waals surface area (Å²) in [5, 5.41) is 0.387. The van der Waals surface area contributed by atoms with E-state index in [2.05, 4.69) is 11.9 Å². The van der Waals surface area contributed by atoms with Gasteiger partial charge >= 0.3 is 0 Å². The molecule has 1 aliphatic heterocycles. The van der Waals surface area contributed by atoms with Crippen molar-refractivity contribution in [1.82, 2.24) is 9.88 Å². The average molecular weight is 253 g/mol. The van der Waals surface area contributed by atoms with Crippen molar-refractivity contribution in [2.24, 2.45) is 5.92 Å². The van der Waals surface area contributed by atoms with Crippen LogP contribution < -0.4 is 0 Å². The summed E-state index contributed by atoms with van der Waals surface area (Å²) in [5.41, 5.74) is 1.43. The summed E-state index contributed by atoms with van der Waals surface area (Å²) < 4.78 is 0. The molecular weight excluding hydrogens is 236 g/mol. The van der Waals surface area contributed by atoms with E-state index in [9.17, 15) is 4.79 Å². The molecule has 1 saturated heterocycles. The molecule has 1 amide bonds. The van der Waals surface area contributed by atoms with Gasteiger partial charge in [0.25, 0.3) is 5.91 Å². The van der Waals surface area contributed by atoms with Crippen LogP contribution in [0.1, 0.15) is 35.8 Å². The lowest BCUT2D eigenvalue weighted by molar-refractivity contribution is 0.0683. The molecule has 0 radical (unpaired) electrons. The minimum atomic E-state index is 0.0731. The maximum Gasteiger partial charge on any atom is 0.254 e. The fraction of sp³-hybridized carbons (Fsp3) is 0.538. The highest BCUT2D eigenvalue weighted by atomic mass is 35.5. The monoisotopic (exact) mass is 252 g/mol. The van der Waals surface area contributed by atoms with Crippen LogP contribution in [0.25, 0.3) is 0 Å². The standard InChI is InChI=1S/C13H17ClN2O/c1-9-4-3-5-16(8-9)13(17)11-6-10(2)15-12(14)7-11/h6-7,9H,3-5,8H2,1-2H3. The molecule has 4 heteroatoms. The number of nitrogens with zero attached hydrogens (tertiary/aromatic N) is 2. The van der Waals surface area contributed by atoms with Gasteiger partial charge in [-0.25, -0.2) is 4.98 Å². The van der Waals surface area contributed by atoms with Gasteiger partial charge in [-0.1, -0.05) is 18.5 Å². The fourth-order valence-electron chi connectivity index (χ4n) is 2.31. The number of carbonyl (C=O) groups excluding carboxylic acids is 1. The Kier molecular flexibility index (Phi) is 3.67. The Labute approximate surface area is 107 Å². The minimum Gasteiger partial charge on any atom is -0.338 e. The molecule has 0 spiro atoms. The highest BCUT2D eigenvalue weighted by Gasteiger charge is 2.22. The summed E-state index contributed by atoms with van der Waals surface area (Å²) in [7, 11) is 0. The number of aromatic nitrogens is 1. The Balaban J connectivity index is 2.18. The molecule has 0 N–H and O–H groups in total. The zero-order valence-corrected chi connectivity index (χ0v) is 11.0. The zero-order chi connectivity index (χ0) is 12.4. The highest BCUT2D eigenvalue weighted by Crippen LogP contribution is 2.19. The number of aryl methyl sites for hydroxylation is 1. The van der Waals surface area contributed by atoms with Crippen LogP contribution in [-0.2, 0) is 0 Å². The molecule has 0 aliphatic carbocycles. The predicted molar refractivity (Wildman–Crippen MR) is 68.3 cm³/mol. The molecule has 1 fully saturated rings. The molecule has 1 aromatic rings.